The highest BCUT2D eigenvalue weighted by Gasteiger charge is 2.17. The summed E-state index contributed by atoms with van der Waals surface area (Å²) in [7, 11) is 0. The lowest BCUT2D eigenvalue weighted by Crippen LogP contribution is -2.15. The zero-order valence-corrected chi connectivity index (χ0v) is 25.8. The minimum atomic E-state index is -0.482. The topological polar surface area (TPSA) is 34.1 Å². The summed E-state index contributed by atoms with van der Waals surface area (Å²) in [6.07, 6.45) is 44.1. The molecule has 0 amide bonds. The standard InChI is InChI=1S/C36H65O2/c1-3-5-7-9-11-13-15-17-19-21-23-25-27-29-31-33-36(38)35(34-37)32-30-28-26-24-22-20-18-16-14-12-10-8-6-4-2/h17-20,35H,3-16,21-33H2,1-2H3/b19-17?,20-18-. The fraction of sp³-hybridized carbons (Fsp3) is 0.833. The van der Waals surface area contributed by atoms with Crippen LogP contribution in [0.3, 0.4) is 0 Å². The maximum Gasteiger partial charge on any atom is 0.209 e. The molecule has 0 N–H and O–H groups in total. The van der Waals surface area contributed by atoms with Crippen LogP contribution in [-0.4, -0.2) is 12.1 Å². The molecule has 0 aliphatic rings. The van der Waals surface area contributed by atoms with Gasteiger partial charge in [0, 0.05) is 6.42 Å². The van der Waals surface area contributed by atoms with E-state index >= 15 is 0 Å². The zero-order valence-electron chi connectivity index (χ0n) is 25.8. The molecule has 1 radical (unpaired) electrons. The van der Waals surface area contributed by atoms with Crippen molar-refractivity contribution < 1.29 is 9.59 Å². The summed E-state index contributed by atoms with van der Waals surface area (Å²) in [6.45, 7) is 4.54. The summed E-state index contributed by atoms with van der Waals surface area (Å²) in [6, 6.07) is 0. The third-order valence-electron chi connectivity index (χ3n) is 7.72. The molecule has 0 aliphatic heterocycles. The van der Waals surface area contributed by atoms with Crippen LogP contribution in [0.1, 0.15) is 187 Å². The van der Waals surface area contributed by atoms with Crippen LogP contribution in [0.4, 0.5) is 0 Å². The molecule has 221 valence electrons. The average Bonchev–Trinajstić information content (AvgIpc) is 2.93. The van der Waals surface area contributed by atoms with Crippen LogP contribution >= 0.6 is 0 Å². The van der Waals surface area contributed by atoms with Gasteiger partial charge in [-0.1, -0.05) is 141 Å². The number of allylic oxidation sites excluding steroid dienone is 4. The van der Waals surface area contributed by atoms with Crippen LogP contribution in [0.2, 0.25) is 0 Å². The molecule has 0 heterocycles. The monoisotopic (exact) mass is 529 g/mol. The van der Waals surface area contributed by atoms with Crippen molar-refractivity contribution in [1.82, 2.24) is 0 Å². The van der Waals surface area contributed by atoms with E-state index in [1.165, 1.54) is 128 Å². The molecule has 1 atom stereocenters. The Balaban J connectivity index is 3.51. The van der Waals surface area contributed by atoms with E-state index in [4.69, 9.17) is 0 Å². The van der Waals surface area contributed by atoms with Crippen molar-refractivity contribution in [3.05, 3.63) is 24.3 Å². The maximum atomic E-state index is 12.4. The Morgan fingerprint density at radius 1 is 0.500 bits per heavy atom. The second-order valence-electron chi connectivity index (χ2n) is 11.5. The summed E-state index contributed by atoms with van der Waals surface area (Å²) in [5, 5.41) is 0. The molecule has 2 heteroatoms. The van der Waals surface area contributed by atoms with Gasteiger partial charge in [-0.15, -0.1) is 0 Å². The molecule has 0 aromatic rings. The van der Waals surface area contributed by atoms with Crippen molar-refractivity contribution in [3.8, 4) is 0 Å². The Labute approximate surface area is 238 Å². The van der Waals surface area contributed by atoms with Crippen LogP contribution in [0.25, 0.3) is 0 Å². The third kappa shape index (κ3) is 27.8. The minimum absolute atomic E-state index is 0.121. The Hall–Kier alpha value is -1.18. The molecule has 38 heavy (non-hydrogen) atoms. The maximum absolute atomic E-state index is 12.4. The summed E-state index contributed by atoms with van der Waals surface area (Å²) in [4.78, 5) is 23.7. The molecule has 0 saturated carbocycles. The molecule has 2 nitrogen and oxygen atoms in total. The SMILES string of the molecule is CCCCCCCCC=CCCCCCCCC(=O)C([C]=O)CCCCCC/C=C\CCCCCCCC. The van der Waals surface area contributed by atoms with Gasteiger partial charge in [0.1, 0.15) is 5.78 Å². The fourth-order valence-corrected chi connectivity index (χ4v) is 5.07. The first kappa shape index (κ1) is 36.8. The molecule has 0 aliphatic carbocycles. The molecule has 0 bridgehead atoms. The van der Waals surface area contributed by atoms with Crippen molar-refractivity contribution in [3.63, 3.8) is 0 Å². The number of carbonyl (C=O) groups excluding carboxylic acids is 2. The van der Waals surface area contributed by atoms with Crippen LogP contribution in [-0.2, 0) is 9.59 Å². The van der Waals surface area contributed by atoms with Crippen molar-refractivity contribution >= 4 is 12.1 Å². The van der Waals surface area contributed by atoms with E-state index in [1.807, 2.05) is 6.29 Å². The number of hydrogen-bond acceptors (Lipinski definition) is 2. The Morgan fingerprint density at radius 2 is 0.842 bits per heavy atom. The summed E-state index contributed by atoms with van der Waals surface area (Å²) in [5.41, 5.74) is 0. The van der Waals surface area contributed by atoms with Gasteiger partial charge in [-0.2, -0.15) is 0 Å². The molecule has 0 fully saturated rings. The molecule has 0 spiro atoms. The summed E-state index contributed by atoms with van der Waals surface area (Å²) in [5.74, 6) is -0.362. The van der Waals surface area contributed by atoms with Crippen LogP contribution < -0.4 is 0 Å². The Bertz CT molecular complexity index is 548. The van der Waals surface area contributed by atoms with E-state index in [0.29, 0.717) is 12.8 Å². The van der Waals surface area contributed by atoms with E-state index in [2.05, 4.69) is 38.2 Å². The van der Waals surface area contributed by atoms with Gasteiger partial charge in [0.05, 0.1) is 5.92 Å². The van der Waals surface area contributed by atoms with Gasteiger partial charge >= 0.3 is 0 Å². The van der Waals surface area contributed by atoms with Gasteiger partial charge in [-0.25, -0.2) is 0 Å². The normalized spacial score (nSPS) is 12.6. The molecular formula is C36H65O2. The minimum Gasteiger partial charge on any atom is -0.299 e. The quantitative estimate of drug-likeness (QED) is 0.0508. The lowest BCUT2D eigenvalue weighted by molar-refractivity contribution is -0.121. The largest absolute Gasteiger partial charge is 0.299 e. The zero-order chi connectivity index (χ0) is 27.8. The van der Waals surface area contributed by atoms with E-state index in [9.17, 15) is 9.59 Å². The number of hydrogen-bond donors (Lipinski definition) is 0. The van der Waals surface area contributed by atoms with E-state index in [1.54, 1.807) is 0 Å². The summed E-state index contributed by atoms with van der Waals surface area (Å²) < 4.78 is 0. The van der Waals surface area contributed by atoms with Gasteiger partial charge < -0.3 is 0 Å². The number of ketones is 1. The van der Waals surface area contributed by atoms with Gasteiger partial charge in [-0.05, 0) is 64.2 Å². The molecule has 0 saturated heterocycles. The first-order valence-corrected chi connectivity index (χ1v) is 17.0. The predicted octanol–water partition coefficient (Wildman–Crippen LogP) is 12.0. The van der Waals surface area contributed by atoms with Crippen molar-refractivity contribution in [2.45, 2.75) is 187 Å². The predicted molar refractivity (Wildman–Crippen MR) is 168 cm³/mol. The second-order valence-corrected chi connectivity index (χ2v) is 11.5. The van der Waals surface area contributed by atoms with Gasteiger partial charge in [0.25, 0.3) is 0 Å². The van der Waals surface area contributed by atoms with Crippen LogP contribution in [0, 0.1) is 5.92 Å². The van der Waals surface area contributed by atoms with Crippen molar-refractivity contribution in [2.75, 3.05) is 0 Å². The highest BCUT2D eigenvalue weighted by molar-refractivity contribution is 5.93. The van der Waals surface area contributed by atoms with Crippen molar-refractivity contribution in [2.24, 2.45) is 5.92 Å². The molecule has 0 aromatic carbocycles. The highest BCUT2D eigenvalue weighted by atomic mass is 16.1. The van der Waals surface area contributed by atoms with E-state index in [0.717, 1.165) is 32.1 Å². The first-order chi connectivity index (χ1) is 18.8. The lowest BCUT2D eigenvalue weighted by atomic mass is 9.94. The number of carbonyl (C=O) groups is 1. The highest BCUT2D eigenvalue weighted by Crippen LogP contribution is 2.16. The second kappa shape index (κ2) is 32.0. The van der Waals surface area contributed by atoms with Crippen molar-refractivity contribution in [1.29, 1.82) is 0 Å². The molecule has 0 aromatic heterocycles. The number of Topliss-reactive ketones (excluding diaryl/α,β-unsaturated/α-hetero) is 1. The third-order valence-corrected chi connectivity index (χ3v) is 7.72. The van der Waals surface area contributed by atoms with Crippen LogP contribution in [0.5, 0.6) is 0 Å². The van der Waals surface area contributed by atoms with E-state index in [-0.39, 0.29) is 5.78 Å². The number of rotatable bonds is 31. The molecule has 1 unspecified atom stereocenters. The fourth-order valence-electron chi connectivity index (χ4n) is 5.07. The molecular weight excluding hydrogens is 464 g/mol. The van der Waals surface area contributed by atoms with Crippen LogP contribution in [0.15, 0.2) is 24.3 Å². The number of unbranched alkanes of at least 4 members (excludes halogenated alkanes) is 21. The smallest absolute Gasteiger partial charge is 0.209 e. The molecule has 0 rings (SSSR count). The van der Waals surface area contributed by atoms with Gasteiger partial charge in [-0.3, -0.25) is 9.59 Å². The summed E-state index contributed by atoms with van der Waals surface area (Å²) >= 11 is 0. The first-order valence-electron chi connectivity index (χ1n) is 17.0. The Kier molecular flexibility index (Phi) is 31.0. The van der Waals surface area contributed by atoms with Gasteiger partial charge in [0.2, 0.25) is 6.29 Å². The van der Waals surface area contributed by atoms with Gasteiger partial charge in [0.15, 0.2) is 0 Å². The van der Waals surface area contributed by atoms with E-state index < -0.39 is 5.92 Å². The lowest BCUT2D eigenvalue weighted by Gasteiger charge is -2.08. The Morgan fingerprint density at radius 3 is 1.24 bits per heavy atom. The average molecular weight is 530 g/mol.